The summed E-state index contributed by atoms with van der Waals surface area (Å²) in [7, 11) is 0. The fraction of sp³-hybridized carbons (Fsp3) is 0.786. The van der Waals surface area contributed by atoms with E-state index >= 15 is 0 Å². The molecular formula is C56H96O13. The van der Waals surface area contributed by atoms with Crippen LogP contribution in [0.25, 0.3) is 0 Å². The van der Waals surface area contributed by atoms with Crippen molar-refractivity contribution in [3.05, 3.63) is 36.5 Å². The summed E-state index contributed by atoms with van der Waals surface area (Å²) >= 11 is 0. The maximum absolute atomic E-state index is 12.8. The zero-order valence-corrected chi connectivity index (χ0v) is 43.6. The van der Waals surface area contributed by atoms with E-state index in [1.165, 1.54) is 57.8 Å². The molecule has 13 heteroatoms. The normalized spacial score (nSPS) is 11.7. The standard InChI is InChI=1S/C56H96O13/c1-4-7-10-13-16-25-34-43-64-50(58)37-28-19-22-31-40-53(61)67-47-56(46-57,48-68-54(62)41-32-23-20-29-38-51(59)65-44-35-26-17-14-11-8-5-2)49-69-55(63)42-33-24-21-30-39-52(60)66-45-36-27-18-15-12-9-6-3/h16-18,25-27,57H,4-15,19-24,28-49H2,1-3H3/b25-16-,26-17-,27-18-. The highest BCUT2D eigenvalue weighted by atomic mass is 16.6. The van der Waals surface area contributed by atoms with Gasteiger partial charge in [0.25, 0.3) is 0 Å². The average molecular weight is 977 g/mol. The van der Waals surface area contributed by atoms with Gasteiger partial charge in [0.1, 0.15) is 19.8 Å². The van der Waals surface area contributed by atoms with Crippen molar-refractivity contribution in [1.29, 1.82) is 0 Å². The van der Waals surface area contributed by atoms with E-state index < -0.39 is 29.9 Å². The van der Waals surface area contributed by atoms with Crippen molar-refractivity contribution < 1.29 is 62.3 Å². The third kappa shape index (κ3) is 44.9. The first-order chi connectivity index (χ1) is 33.6. The molecule has 1 N–H and O–H groups in total. The van der Waals surface area contributed by atoms with Gasteiger partial charge in [0, 0.05) is 38.5 Å². The van der Waals surface area contributed by atoms with Crippen molar-refractivity contribution in [2.75, 3.05) is 46.2 Å². The monoisotopic (exact) mass is 977 g/mol. The van der Waals surface area contributed by atoms with Gasteiger partial charge in [-0.15, -0.1) is 0 Å². The minimum Gasteiger partial charge on any atom is -0.465 e. The second kappa shape index (κ2) is 49.0. The molecule has 0 radical (unpaired) electrons. The summed E-state index contributed by atoms with van der Waals surface area (Å²) in [4.78, 5) is 74.6. The van der Waals surface area contributed by atoms with Gasteiger partial charge in [0.15, 0.2) is 0 Å². The summed E-state index contributed by atoms with van der Waals surface area (Å²) in [6, 6.07) is 0. The number of carbonyl (C=O) groups excluding carboxylic acids is 6. The molecule has 0 heterocycles. The Kier molecular flexibility index (Phi) is 46.2. The summed E-state index contributed by atoms with van der Waals surface area (Å²) in [5.74, 6) is -2.16. The summed E-state index contributed by atoms with van der Waals surface area (Å²) in [5.41, 5.74) is -1.36. The van der Waals surface area contributed by atoms with Crippen molar-refractivity contribution in [3.8, 4) is 0 Å². The molecule has 0 amide bonds. The quantitative estimate of drug-likeness (QED) is 0.0264. The highest BCUT2D eigenvalue weighted by Gasteiger charge is 2.35. The first kappa shape index (κ1) is 65.0. The number of hydrogen-bond donors (Lipinski definition) is 1. The van der Waals surface area contributed by atoms with Crippen molar-refractivity contribution >= 4 is 35.8 Å². The molecule has 0 saturated heterocycles. The molecule has 69 heavy (non-hydrogen) atoms. The molecular weight excluding hydrogens is 881 g/mol. The Morgan fingerprint density at radius 3 is 0.783 bits per heavy atom. The topological polar surface area (TPSA) is 178 Å². The zero-order valence-electron chi connectivity index (χ0n) is 43.6. The SMILES string of the molecule is CCCCC/C=C\CCOC(=O)CCCCCCC(=O)OCC(CO)(COC(=O)CCCCCCC(=O)OCC/C=C\CCCCC)COC(=O)CCCCCCC(=O)OCC/C=C\CCCCC. The van der Waals surface area contributed by atoms with Crippen LogP contribution in [-0.4, -0.2) is 87.2 Å². The highest BCUT2D eigenvalue weighted by Crippen LogP contribution is 2.22. The minimum atomic E-state index is -1.36. The number of allylic oxidation sites excluding steroid dienone is 3. The molecule has 0 unspecified atom stereocenters. The van der Waals surface area contributed by atoms with Crippen LogP contribution >= 0.6 is 0 Å². The fourth-order valence-electron chi connectivity index (χ4n) is 7.04. The van der Waals surface area contributed by atoms with Crippen LogP contribution < -0.4 is 0 Å². The maximum atomic E-state index is 12.8. The van der Waals surface area contributed by atoms with Gasteiger partial charge < -0.3 is 33.5 Å². The van der Waals surface area contributed by atoms with E-state index in [1.807, 2.05) is 0 Å². The summed E-state index contributed by atoms with van der Waals surface area (Å²) in [6.07, 6.45) is 38.0. The molecule has 398 valence electrons. The lowest BCUT2D eigenvalue weighted by molar-refractivity contribution is -0.165. The molecule has 0 fully saturated rings. The van der Waals surface area contributed by atoms with E-state index in [0.717, 1.165) is 38.5 Å². The number of ether oxygens (including phenoxy) is 6. The summed E-state index contributed by atoms with van der Waals surface area (Å²) in [6.45, 7) is 6.12. The highest BCUT2D eigenvalue weighted by molar-refractivity contribution is 5.71. The van der Waals surface area contributed by atoms with Gasteiger partial charge >= 0.3 is 35.8 Å². The number of aliphatic hydroxyl groups excluding tert-OH is 1. The van der Waals surface area contributed by atoms with E-state index in [4.69, 9.17) is 28.4 Å². The predicted molar refractivity (Wildman–Crippen MR) is 272 cm³/mol. The first-order valence-electron chi connectivity index (χ1n) is 27.1. The van der Waals surface area contributed by atoms with Gasteiger partial charge in [-0.3, -0.25) is 28.8 Å². The molecule has 0 aliphatic rings. The number of esters is 6. The van der Waals surface area contributed by atoms with Crippen LogP contribution in [0, 0.1) is 5.41 Å². The van der Waals surface area contributed by atoms with Crippen molar-refractivity contribution in [2.45, 2.75) is 233 Å². The summed E-state index contributed by atoms with van der Waals surface area (Å²) in [5, 5.41) is 10.5. The number of rotatable bonds is 49. The number of unbranched alkanes of at least 4 members (excludes halogenated alkanes) is 18. The molecule has 0 aromatic carbocycles. The van der Waals surface area contributed by atoms with Crippen molar-refractivity contribution in [2.24, 2.45) is 5.41 Å². The number of hydrogen-bond acceptors (Lipinski definition) is 13. The van der Waals surface area contributed by atoms with Gasteiger partial charge in [0.05, 0.1) is 31.8 Å². The van der Waals surface area contributed by atoms with Gasteiger partial charge in [0.2, 0.25) is 0 Å². The third-order valence-corrected chi connectivity index (χ3v) is 11.6. The Morgan fingerprint density at radius 2 is 0.551 bits per heavy atom. The van der Waals surface area contributed by atoms with Gasteiger partial charge in [-0.1, -0.05) is 134 Å². The predicted octanol–water partition coefficient (Wildman–Crippen LogP) is 12.8. The molecule has 13 nitrogen and oxygen atoms in total. The second-order valence-corrected chi connectivity index (χ2v) is 18.3. The van der Waals surface area contributed by atoms with Crippen LogP contribution in [0.4, 0.5) is 0 Å². The average Bonchev–Trinajstić information content (AvgIpc) is 3.34. The lowest BCUT2D eigenvalue weighted by Crippen LogP contribution is -2.42. The molecule has 0 saturated carbocycles. The van der Waals surface area contributed by atoms with Gasteiger partial charge in [-0.05, 0) is 96.3 Å². The van der Waals surface area contributed by atoms with E-state index in [2.05, 4.69) is 57.2 Å². The largest absolute Gasteiger partial charge is 0.465 e. The molecule has 0 aliphatic heterocycles. The molecule has 0 atom stereocenters. The molecule has 0 rings (SSSR count). The Hall–Kier alpha value is -4.00. The minimum absolute atomic E-state index is 0.124. The van der Waals surface area contributed by atoms with Gasteiger partial charge in [-0.25, -0.2) is 0 Å². The Bertz CT molecular complexity index is 1230. The molecule has 0 aromatic rings. The van der Waals surface area contributed by atoms with Crippen LogP contribution in [0.5, 0.6) is 0 Å². The fourth-order valence-corrected chi connectivity index (χ4v) is 7.04. The van der Waals surface area contributed by atoms with Crippen LogP contribution in [0.15, 0.2) is 36.5 Å². The Labute approximate surface area is 417 Å². The van der Waals surface area contributed by atoms with E-state index in [9.17, 15) is 33.9 Å². The Balaban J connectivity index is 4.78. The van der Waals surface area contributed by atoms with Crippen molar-refractivity contribution in [3.63, 3.8) is 0 Å². The van der Waals surface area contributed by atoms with Gasteiger partial charge in [-0.2, -0.15) is 0 Å². The Morgan fingerprint density at radius 1 is 0.319 bits per heavy atom. The maximum Gasteiger partial charge on any atom is 0.305 e. The summed E-state index contributed by atoms with van der Waals surface area (Å²) < 4.78 is 32.6. The molecule has 0 bridgehead atoms. The van der Waals surface area contributed by atoms with Crippen LogP contribution in [0.3, 0.4) is 0 Å². The van der Waals surface area contributed by atoms with Crippen LogP contribution in [0.1, 0.15) is 233 Å². The van der Waals surface area contributed by atoms with E-state index in [0.29, 0.717) is 116 Å². The zero-order chi connectivity index (χ0) is 50.7. The van der Waals surface area contributed by atoms with Crippen LogP contribution in [-0.2, 0) is 57.2 Å². The van der Waals surface area contributed by atoms with Crippen LogP contribution in [0.2, 0.25) is 0 Å². The number of aliphatic hydroxyl groups is 1. The molecule has 0 aromatic heterocycles. The second-order valence-electron chi connectivity index (χ2n) is 18.3. The van der Waals surface area contributed by atoms with E-state index in [-0.39, 0.29) is 57.0 Å². The first-order valence-corrected chi connectivity index (χ1v) is 27.1. The van der Waals surface area contributed by atoms with E-state index in [1.54, 1.807) is 0 Å². The molecule has 0 spiro atoms. The lowest BCUT2D eigenvalue weighted by atomic mass is 9.92. The smallest absolute Gasteiger partial charge is 0.305 e. The lowest BCUT2D eigenvalue weighted by Gasteiger charge is -2.30. The van der Waals surface area contributed by atoms with Crippen molar-refractivity contribution in [1.82, 2.24) is 0 Å². The third-order valence-electron chi connectivity index (χ3n) is 11.6. The molecule has 0 aliphatic carbocycles. The number of carbonyl (C=O) groups is 6.